The van der Waals surface area contributed by atoms with Gasteiger partial charge in [-0.3, -0.25) is 14.5 Å². The lowest BCUT2D eigenvalue weighted by Crippen LogP contribution is -2.33. The Morgan fingerprint density at radius 3 is 2.62 bits per heavy atom. The molecule has 0 saturated carbocycles. The van der Waals surface area contributed by atoms with Crippen molar-refractivity contribution in [3.63, 3.8) is 0 Å². The predicted molar refractivity (Wildman–Crippen MR) is 139 cm³/mol. The van der Waals surface area contributed by atoms with Gasteiger partial charge in [0.2, 0.25) is 18.6 Å². The number of thioether (sulfide) groups is 1. The van der Waals surface area contributed by atoms with Crippen LogP contribution in [0, 0.1) is 5.82 Å². The zero-order chi connectivity index (χ0) is 25.8. The van der Waals surface area contributed by atoms with Crippen LogP contribution in [0.15, 0.2) is 71.7 Å². The summed E-state index contributed by atoms with van der Waals surface area (Å²) in [4.78, 5) is 32.3. The highest BCUT2D eigenvalue weighted by atomic mass is 32.2. The molecule has 1 fully saturated rings. The summed E-state index contributed by atoms with van der Waals surface area (Å²) in [7, 11) is 0. The van der Waals surface area contributed by atoms with Crippen molar-refractivity contribution in [3.05, 3.63) is 78.1 Å². The van der Waals surface area contributed by atoms with Crippen molar-refractivity contribution in [3.8, 4) is 17.2 Å². The molecule has 1 atom stereocenters. The van der Waals surface area contributed by atoms with Crippen molar-refractivity contribution in [1.82, 2.24) is 4.90 Å². The molecule has 190 valence electrons. The van der Waals surface area contributed by atoms with E-state index in [-0.39, 0.29) is 37.4 Å². The van der Waals surface area contributed by atoms with Gasteiger partial charge in [-0.15, -0.1) is 0 Å². The van der Waals surface area contributed by atoms with Crippen LogP contribution in [-0.2, 0) is 16.1 Å². The third kappa shape index (κ3) is 5.86. The van der Waals surface area contributed by atoms with Crippen molar-refractivity contribution >= 4 is 40.1 Å². The van der Waals surface area contributed by atoms with Gasteiger partial charge in [0.15, 0.2) is 16.7 Å². The second-order valence-electron chi connectivity index (χ2n) is 8.30. The minimum absolute atomic E-state index is 0.0310. The quantitative estimate of drug-likeness (QED) is 0.443. The average Bonchev–Trinajstić information content (AvgIpc) is 3.47. The Morgan fingerprint density at radius 1 is 1.11 bits per heavy atom. The number of benzene rings is 3. The number of hydrogen-bond donors (Lipinski definition) is 1. The Morgan fingerprint density at radius 2 is 1.86 bits per heavy atom. The minimum Gasteiger partial charge on any atom is -0.494 e. The average molecular weight is 522 g/mol. The molecular formula is C27H24FN3O5S. The van der Waals surface area contributed by atoms with Crippen molar-refractivity contribution in [2.75, 3.05) is 18.7 Å². The van der Waals surface area contributed by atoms with Gasteiger partial charge < -0.3 is 19.5 Å². The molecule has 10 heteroatoms. The third-order valence-electron chi connectivity index (χ3n) is 5.67. The van der Waals surface area contributed by atoms with E-state index in [4.69, 9.17) is 14.2 Å². The highest BCUT2D eigenvalue weighted by Gasteiger charge is 2.39. The maximum Gasteiger partial charge on any atom is 0.242 e. The van der Waals surface area contributed by atoms with E-state index in [0.29, 0.717) is 40.4 Å². The van der Waals surface area contributed by atoms with Crippen LogP contribution < -0.4 is 19.5 Å². The molecule has 37 heavy (non-hydrogen) atoms. The number of nitrogens with one attached hydrogen (secondary N) is 1. The Balaban J connectivity index is 1.33. The van der Waals surface area contributed by atoms with Crippen LogP contribution in [0.1, 0.15) is 18.9 Å². The lowest BCUT2D eigenvalue weighted by Gasteiger charge is -2.17. The van der Waals surface area contributed by atoms with Crippen molar-refractivity contribution < 1.29 is 28.2 Å². The van der Waals surface area contributed by atoms with E-state index in [0.717, 1.165) is 5.56 Å². The highest BCUT2D eigenvalue weighted by molar-refractivity contribution is 8.15. The van der Waals surface area contributed by atoms with E-state index in [2.05, 4.69) is 10.3 Å². The van der Waals surface area contributed by atoms with E-state index >= 15 is 0 Å². The van der Waals surface area contributed by atoms with Crippen LogP contribution in [0.5, 0.6) is 17.2 Å². The number of carbonyl (C=O) groups excluding carboxylic acids is 2. The Hall–Kier alpha value is -4.05. The first-order valence-corrected chi connectivity index (χ1v) is 12.6. The molecule has 1 saturated heterocycles. The fourth-order valence-corrected chi connectivity index (χ4v) is 5.06. The molecule has 2 heterocycles. The number of aliphatic imine (C=N–C) groups is 1. The molecule has 2 amide bonds. The van der Waals surface area contributed by atoms with Gasteiger partial charge in [-0.2, -0.15) is 0 Å². The number of carbonyl (C=O) groups is 2. The van der Waals surface area contributed by atoms with Crippen LogP contribution in [0.25, 0.3) is 0 Å². The molecule has 3 aromatic carbocycles. The van der Waals surface area contributed by atoms with E-state index in [1.54, 1.807) is 35.2 Å². The maximum atomic E-state index is 13.4. The van der Waals surface area contributed by atoms with Gasteiger partial charge in [0.1, 0.15) is 16.8 Å². The maximum absolute atomic E-state index is 13.4. The van der Waals surface area contributed by atoms with Gasteiger partial charge in [0, 0.05) is 12.1 Å². The van der Waals surface area contributed by atoms with E-state index in [1.165, 1.54) is 36.0 Å². The summed E-state index contributed by atoms with van der Waals surface area (Å²) in [6, 6.07) is 18.2. The number of fused-ring (bicyclic) bond motifs is 1. The minimum atomic E-state index is -0.657. The van der Waals surface area contributed by atoms with Crippen molar-refractivity contribution in [2.45, 2.75) is 25.1 Å². The topological polar surface area (TPSA) is 89.5 Å². The summed E-state index contributed by atoms with van der Waals surface area (Å²) in [6.07, 6.45) is -0.0310. The molecule has 8 nitrogen and oxygen atoms in total. The molecular weight excluding hydrogens is 497 g/mol. The Bertz CT molecular complexity index is 1330. The largest absolute Gasteiger partial charge is 0.494 e. The van der Waals surface area contributed by atoms with Gasteiger partial charge in [-0.1, -0.05) is 17.8 Å². The van der Waals surface area contributed by atoms with Crippen LogP contribution in [0.3, 0.4) is 0 Å². The van der Waals surface area contributed by atoms with Crippen molar-refractivity contribution in [1.29, 1.82) is 0 Å². The molecule has 0 aliphatic carbocycles. The van der Waals surface area contributed by atoms with Gasteiger partial charge >= 0.3 is 0 Å². The molecule has 5 rings (SSSR count). The number of amides is 2. The molecule has 0 unspecified atom stereocenters. The summed E-state index contributed by atoms with van der Waals surface area (Å²) in [6.45, 7) is 2.84. The Kier molecular flexibility index (Phi) is 7.27. The number of amidine groups is 1. The number of halogens is 1. The van der Waals surface area contributed by atoms with Crippen LogP contribution >= 0.6 is 11.8 Å². The van der Waals surface area contributed by atoms with Gasteiger partial charge in [-0.25, -0.2) is 9.38 Å². The predicted octanol–water partition coefficient (Wildman–Crippen LogP) is 5.11. The number of ether oxygens (including phenoxy) is 3. The molecule has 3 aromatic rings. The molecule has 0 aromatic heterocycles. The zero-order valence-electron chi connectivity index (χ0n) is 20.0. The van der Waals surface area contributed by atoms with Crippen LogP contribution in [-0.4, -0.2) is 40.5 Å². The molecule has 0 spiro atoms. The first kappa shape index (κ1) is 24.6. The van der Waals surface area contributed by atoms with E-state index in [9.17, 15) is 14.0 Å². The number of hydrogen-bond acceptors (Lipinski definition) is 7. The fraction of sp³-hybridized carbons (Fsp3) is 0.222. The normalized spacial score (nSPS) is 17.4. The summed E-state index contributed by atoms with van der Waals surface area (Å²) in [5, 5.41) is 2.61. The molecule has 0 radical (unpaired) electrons. The SMILES string of the molecule is CCOc1ccc(NC(=O)C[C@@H]2SC(=Nc3ccc(F)cc3)N(Cc3ccc4c(c3)OCO4)C2=O)cc1. The zero-order valence-corrected chi connectivity index (χ0v) is 20.8. The fourth-order valence-electron chi connectivity index (χ4n) is 3.90. The monoisotopic (exact) mass is 521 g/mol. The van der Waals surface area contributed by atoms with Crippen LogP contribution in [0.4, 0.5) is 15.8 Å². The number of nitrogens with zero attached hydrogens (tertiary/aromatic N) is 2. The molecule has 2 aliphatic heterocycles. The first-order chi connectivity index (χ1) is 18.0. The smallest absolute Gasteiger partial charge is 0.242 e. The van der Waals surface area contributed by atoms with Crippen LogP contribution in [0.2, 0.25) is 0 Å². The van der Waals surface area contributed by atoms with Crippen molar-refractivity contribution in [2.24, 2.45) is 4.99 Å². The van der Waals surface area contributed by atoms with Gasteiger partial charge in [-0.05, 0) is 73.2 Å². The second-order valence-corrected chi connectivity index (χ2v) is 9.47. The van der Waals surface area contributed by atoms with Gasteiger partial charge in [0.25, 0.3) is 0 Å². The molecule has 1 N–H and O–H groups in total. The number of anilines is 1. The lowest BCUT2D eigenvalue weighted by atomic mass is 10.1. The summed E-state index contributed by atoms with van der Waals surface area (Å²) < 4.78 is 29.6. The summed E-state index contributed by atoms with van der Waals surface area (Å²) in [5.41, 5.74) is 1.94. The van der Waals surface area contributed by atoms with Gasteiger partial charge in [0.05, 0.1) is 18.8 Å². The standard InChI is InChI=1S/C27H24FN3O5S/c1-2-34-21-10-8-19(9-11-21)29-25(32)14-24-26(33)31(15-17-3-12-22-23(13-17)36-16-35-22)27(37-24)30-20-6-4-18(28)5-7-20/h3-13,24H,2,14-16H2,1H3,(H,29,32)/t24-/m0/s1. The van der Waals surface area contributed by atoms with E-state index < -0.39 is 5.25 Å². The summed E-state index contributed by atoms with van der Waals surface area (Å²) >= 11 is 1.21. The molecule has 2 aliphatic rings. The number of rotatable bonds is 8. The second kappa shape index (κ2) is 10.9. The van der Waals surface area contributed by atoms with E-state index in [1.807, 2.05) is 19.1 Å². The summed E-state index contributed by atoms with van der Waals surface area (Å²) in [5.74, 6) is 1.07. The molecule has 0 bridgehead atoms. The first-order valence-electron chi connectivity index (χ1n) is 11.7. The third-order valence-corrected chi connectivity index (χ3v) is 6.84. The Labute approximate surface area is 217 Å². The lowest BCUT2D eigenvalue weighted by molar-refractivity contribution is -0.128. The highest BCUT2D eigenvalue weighted by Crippen LogP contribution is 2.36.